The molecule has 6 nitrogen and oxygen atoms in total. The third kappa shape index (κ3) is 4.34. The molecule has 0 bridgehead atoms. The van der Waals surface area contributed by atoms with Crippen LogP contribution in [0.5, 0.6) is 0 Å². The molecule has 1 aliphatic carbocycles. The van der Waals surface area contributed by atoms with Gasteiger partial charge in [0.15, 0.2) is 0 Å². The molecule has 25 heavy (non-hydrogen) atoms. The minimum absolute atomic E-state index is 0.0781. The van der Waals surface area contributed by atoms with Gasteiger partial charge in [0.2, 0.25) is 11.8 Å². The number of hydrogen-bond donors (Lipinski definition) is 1. The maximum atomic E-state index is 12.3. The largest absolute Gasteiger partial charge is 0.384 e. The summed E-state index contributed by atoms with van der Waals surface area (Å²) in [5.74, 6) is 0.650. The zero-order valence-electron chi connectivity index (χ0n) is 15.6. The van der Waals surface area contributed by atoms with Gasteiger partial charge in [-0.3, -0.25) is 9.59 Å². The van der Waals surface area contributed by atoms with Crippen LogP contribution in [0, 0.1) is 5.92 Å². The quantitative estimate of drug-likeness (QED) is 0.839. The number of hydrogen-bond acceptors (Lipinski definition) is 4. The highest BCUT2D eigenvalue weighted by Crippen LogP contribution is 2.44. The van der Waals surface area contributed by atoms with Crippen LogP contribution < -0.4 is 5.32 Å². The number of rotatable bonds is 4. The van der Waals surface area contributed by atoms with Crippen molar-refractivity contribution in [3.8, 4) is 0 Å². The maximum Gasteiger partial charge on any atom is 0.222 e. The molecule has 3 aliphatic rings. The molecule has 0 aromatic rings. The summed E-state index contributed by atoms with van der Waals surface area (Å²) in [7, 11) is 1.62. The van der Waals surface area contributed by atoms with Gasteiger partial charge in [-0.15, -0.1) is 0 Å². The van der Waals surface area contributed by atoms with Gasteiger partial charge in [-0.1, -0.05) is 12.8 Å². The average Bonchev–Trinajstić information content (AvgIpc) is 2.60. The van der Waals surface area contributed by atoms with Crippen molar-refractivity contribution in [1.29, 1.82) is 0 Å². The first-order valence-electron chi connectivity index (χ1n) is 9.75. The molecule has 2 saturated heterocycles. The normalized spacial score (nSPS) is 31.4. The lowest BCUT2D eigenvalue weighted by Gasteiger charge is -2.53. The number of nitrogens with one attached hydrogen (secondary N) is 1. The SMILES string of the molecule is COCCC(=O)N[C@@H]1CC2(CCN(C(C)=O)CC2)O[C@@H]2CCCC[C@@H]12. The minimum Gasteiger partial charge on any atom is -0.384 e. The highest BCUT2D eigenvalue weighted by molar-refractivity contribution is 5.76. The Bertz CT molecular complexity index is 488. The maximum absolute atomic E-state index is 12.3. The number of likely N-dealkylation sites (tertiary alicyclic amines) is 1. The van der Waals surface area contributed by atoms with E-state index in [0.717, 1.165) is 45.2 Å². The van der Waals surface area contributed by atoms with Crippen LogP contribution in [0.3, 0.4) is 0 Å². The van der Waals surface area contributed by atoms with E-state index in [4.69, 9.17) is 9.47 Å². The van der Waals surface area contributed by atoms with E-state index in [9.17, 15) is 9.59 Å². The third-order valence-electron chi connectivity index (χ3n) is 6.26. The molecule has 1 spiro atoms. The van der Waals surface area contributed by atoms with E-state index in [1.807, 2.05) is 4.90 Å². The first kappa shape index (κ1) is 18.6. The summed E-state index contributed by atoms with van der Waals surface area (Å²) in [6.45, 7) is 3.62. The van der Waals surface area contributed by atoms with Crippen LogP contribution in [0.4, 0.5) is 0 Å². The molecular formula is C19H32N2O4. The monoisotopic (exact) mass is 352 g/mol. The topological polar surface area (TPSA) is 67.9 Å². The molecular weight excluding hydrogens is 320 g/mol. The number of amides is 2. The van der Waals surface area contributed by atoms with Gasteiger partial charge in [0.1, 0.15) is 0 Å². The number of piperidine rings is 1. The Balaban J connectivity index is 1.68. The van der Waals surface area contributed by atoms with Crippen LogP contribution in [0.25, 0.3) is 0 Å². The van der Waals surface area contributed by atoms with Gasteiger partial charge in [0.25, 0.3) is 0 Å². The molecule has 0 aromatic carbocycles. The average molecular weight is 352 g/mol. The van der Waals surface area contributed by atoms with Crippen molar-refractivity contribution in [2.45, 2.75) is 76.0 Å². The Hall–Kier alpha value is -1.14. The highest BCUT2D eigenvalue weighted by Gasteiger charge is 2.49. The zero-order valence-corrected chi connectivity index (χ0v) is 15.6. The van der Waals surface area contributed by atoms with Gasteiger partial charge in [-0.2, -0.15) is 0 Å². The summed E-state index contributed by atoms with van der Waals surface area (Å²) in [5, 5.41) is 3.28. The Morgan fingerprint density at radius 2 is 1.96 bits per heavy atom. The van der Waals surface area contributed by atoms with Gasteiger partial charge >= 0.3 is 0 Å². The van der Waals surface area contributed by atoms with Crippen LogP contribution in [0.2, 0.25) is 0 Å². The molecule has 1 N–H and O–H groups in total. The van der Waals surface area contributed by atoms with Crippen LogP contribution >= 0.6 is 0 Å². The van der Waals surface area contributed by atoms with Crippen LogP contribution in [0.1, 0.15) is 58.3 Å². The van der Waals surface area contributed by atoms with Crippen LogP contribution in [0.15, 0.2) is 0 Å². The predicted molar refractivity (Wildman–Crippen MR) is 94.1 cm³/mol. The lowest BCUT2D eigenvalue weighted by Crippen LogP contribution is -2.60. The van der Waals surface area contributed by atoms with Crippen LogP contribution in [-0.4, -0.2) is 61.3 Å². The number of carbonyl (C=O) groups is 2. The number of ether oxygens (including phenoxy) is 2. The first-order valence-corrected chi connectivity index (χ1v) is 9.75. The third-order valence-corrected chi connectivity index (χ3v) is 6.26. The van der Waals surface area contributed by atoms with Gasteiger partial charge in [-0.25, -0.2) is 0 Å². The second kappa shape index (κ2) is 8.04. The highest BCUT2D eigenvalue weighted by atomic mass is 16.5. The number of carbonyl (C=O) groups excluding carboxylic acids is 2. The summed E-state index contributed by atoms with van der Waals surface area (Å²) in [6, 6.07) is 0.187. The molecule has 3 fully saturated rings. The van der Waals surface area contributed by atoms with E-state index in [0.29, 0.717) is 18.9 Å². The fourth-order valence-corrected chi connectivity index (χ4v) is 4.84. The molecule has 2 aliphatic heterocycles. The number of fused-ring (bicyclic) bond motifs is 1. The Morgan fingerprint density at radius 1 is 1.24 bits per heavy atom. The molecule has 2 amide bonds. The fourth-order valence-electron chi connectivity index (χ4n) is 4.84. The summed E-state index contributed by atoms with van der Waals surface area (Å²) in [6.07, 6.45) is 7.94. The molecule has 2 heterocycles. The summed E-state index contributed by atoms with van der Waals surface area (Å²) in [4.78, 5) is 25.8. The van der Waals surface area contributed by atoms with E-state index in [1.54, 1.807) is 14.0 Å². The van der Waals surface area contributed by atoms with Gasteiger partial charge in [0, 0.05) is 45.5 Å². The fraction of sp³-hybridized carbons (Fsp3) is 0.895. The second-order valence-corrected chi connectivity index (χ2v) is 7.91. The predicted octanol–water partition coefficient (Wildman–Crippen LogP) is 1.87. The van der Waals surface area contributed by atoms with Crippen molar-refractivity contribution in [3.63, 3.8) is 0 Å². The van der Waals surface area contributed by atoms with Crippen molar-refractivity contribution in [3.05, 3.63) is 0 Å². The van der Waals surface area contributed by atoms with Gasteiger partial charge < -0.3 is 19.7 Å². The molecule has 0 radical (unpaired) electrons. The molecule has 0 unspecified atom stereocenters. The Kier molecular flexibility index (Phi) is 6.00. The van der Waals surface area contributed by atoms with Crippen molar-refractivity contribution >= 4 is 11.8 Å². The zero-order chi connectivity index (χ0) is 17.9. The van der Waals surface area contributed by atoms with Crippen molar-refractivity contribution < 1.29 is 19.1 Å². The lowest BCUT2D eigenvalue weighted by atomic mass is 9.71. The van der Waals surface area contributed by atoms with E-state index in [2.05, 4.69) is 5.32 Å². The van der Waals surface area contributed by atoms with Gasteiger partial charge in [0.05, 0.1) is 18.3 Å². The standard InChI is InChI=1S/C19H32N2O4/c1-14(22)21-10-8-19(9-11-21)13-16(20-18(23)7-12-24-2)15-5-3-4-6-17(15)25-19/h15-17H,3-13H2,1-2H3,(H,20,23)/t15-,16+,17+/m0/s1. The summed E-state index contributed by atoms with van der Waals surface area (Å²) >= 11 is 0. The molecule has 1 saturated carbocycles. The minimum atomic E-state index is -0.177. The number of methoxy groups -OCH3 is 1. The first-order chi connectivity index (χ1) is 12.0. The van der Waals surface area contributed by atoms with Gasteiger partial charge in [-0.05, 0) is 32.1 Å². The van der Waals surface area contributed by atoms with E-state index in [-0.39, 0.29) is 29.6 Å². The molecule has 3 rings (SSSR count). The smallest absolute Gasteiger partial charge is 0.222 e. The van der Waals surface area contributed by atoms with Crippen molar-refractivity contribution in [1.82, 2.24) is 10.2 Å². The Morgan fingerprint density at radius 3 is 2.64 bits per heavy atom. The molecule has 142 valence electrons. The molecule has 3 atom stereocenters. The van der Waals surface area contributed by atoms with E-state index in [1.165, 1.54) is 12.8 Å². The molecule has 6 heteroatoms. The number of nitrogens with zero attached hydrogens (tertiary/aromatic N) is 1. The molecule has 0 aromatic heterocycles. The summed E-state index contributed by atoms with van der Waals surface area (Å²) in [5.41, 5.74) is -0.177. The summed E-state index contributed by atoms with van der Waals surface area (Å²) < 4.78 is 11.7. The van der Waals surface area contributed by atoms with Crippen LogP contribution in [-0.2, 0) is 19.1 Å². The lowest BCUT2D eigenvalue weighted by molar-refractivity contribution is -0.194. The van der Waals surface area contributed by atoms with E-state index >= 15 is 0 Å². The van der Waals surface area contributed by atoms with Crippen molar-refractivity contribution in [2.75, 3.05) is 26.8 Å². The van der Waals surface area contributed by atoms with Crippen molar-refractivity contribution in [2.24, 2.45) is 5.92 Å². The second-order valence-electron chi connectivity index (χ2n) is 7.91. The van der Waals surface area contributed by atoms with E-state index < -0.39 is 0 Å². The Labute approximate surface area is 150 Å².